The van der Waals surface area contributed by atoms with E-state index in [2.05, 4.69) is 5.32 Å². The molecule has 6 unspecified atom stereocenters. The van der Waals surface area contributed by atoms with Gasteiger partial charge in [-0.3, -0.25) is 9.69 Å². The molecule has 4 aromatic carbocycles. The third-order valence-electron chi connectivity index (χ3n) is 9.03. The topological polar surface area (TPSA) is 91.3 Å². The van der Waals surface area contributed by atoms with Crippen LogP contribution in [0.5, 0.6) is 0 Å². The highest BCUT2D eigenvalue weighted by Gasteiger charge is 2.39. The van der Waals surface area contributed by atoms with E-state index in [1.54, 1.807) is 24.3 Å². The Morgan fingerprint density at radius 1 is 0.816 bits per heavy atom. The predicted molar refractivity (Wildman–Crippen MR) is 170 cm³/mol. The first-order valence-corrected chi connectivity index (χ1v) is 15.7. The molecular weight excluding hydrogens is 647 g/mol. The summed E-state index contributed by atoms with van der Waals surface area (Å²) in [5.41, 5.74) is 1.97. The van der Waals surface area contributed by atoms with Crippen LogP contribution in [0.2, 0.25) is 0 Å². The van der Waals surface area contributed by atoms with Gasteiger partial charge in [-0.15, -0.1) is 0 Å². The molecule has 0 spiro atoms. The van der Waals surface area contributed by atoms with E-state index in [1.165, 1.54) is 0 Å². The summed E-state index contributed by atoms with van der Waals surface area (Å²) in [4.78, 5) is 14.4. The summed E-state index contributed by atoms with van der Waals surface area (Å²) in [6, 6.07) is 23.2. The van der Waals surface area contributed by atoms with Crippen molar-refractivity contribution in [3.63, 3.8) is 0 Å². The SMILES string of the molecule is CC1C(CN(C)C(C)C(O)c2ccccc2)OC(c2ccc(CNC(=O)c3c(F)c(F)c(F)c(F)c3F)cc2)OC1c1ccc(CO)cc1. The van der Waals surface area contributed by atoms with Gasteiger partial charge in [-0.05, 0) is 36.2 Å². The molecule has 260 valence electrons. The molecule has 5 rings (SSSR count). The van der Waals surface area contributed by atoms with E-state index in [-0.39, 0.29) is 31.2 Å². The highest BCUT2D eigenvalue weighted by atomic mass is 19.2. The van der Waals surface area contributed by atoms with Crippen LogP contribution in [0.3, 0.4) is 0 Å². The first-order valence-electron chi connectivity index (χ1n) is 15.7. The number of nitrogens with one attached hydrogen (secondary N) is 1. The van der Waals surface area contributed by atoms with Gasteiger partial charge in [0.2, 0.25) is 5.82 Å². The maximum absolute atomic E-state index is 14.1. The summed E-state index contributed by atoms with van der Waals surface area (Å²) in [5, 5.41) is 22.8. The first kappa shape index (κ1) is 36.1. The molecule has 49 heavy (non-hydrogen) atoms. The summed E-state index contributed by atoms with van der Waals surface area (Å²) in [5.74, 6) is -12.8. The molecule has 7 nitrogen and oxygen atoms in total. The Morgan fingerprint density at radius 3 is 1.96 bits per heavy atom. The van der Waals surface area contributed by atoms with Crippen molar-refractivity contribution in [1.82, 2.24) is 10.2 Å². The number of nitrogens with zero attached hydrogens (tertiary/aromatic N) is 1. The van der Waals surface area contributed by atoms with E-state index < -0.39 is 59.1 Å². The first-order chi connectivity index (χ1) is 23.4. The Balaban J connectivity index is 1.33. The van der Waals surface area contributed by atoms with Crippen LogP contribution in [0, 0.1) is 35.0 Å². The second-order valence-electron chi connectivity index (χ2n) is 12.2. The number of rotatable bonds is 11. The molecule has 1 heterocycles. The van der Waals surface area contributed by atoms with Gasteiger partial charge in [-0.1, -0.05) is 85.8 Å². The Morgan fingerprint density at radius 2 is 1.37 bits per heavy atom. The fourth-order valence-electron chi connectivity index (χ4n) is 5.82. The molecule has 1 fully saturated rings. The smallest absolute Gasteiger partial charge is 0.257 e. The number of carbonyl (C=O) groups excluding carboxylic acids is 1. The lowest BCUT2D eigenvalue weighted by molar-refractivity contribution is -0.276. The molecule has 4 aromatic rings. The third kappa shape index (κ3) is 7.84. The molecule has 12 heteroatoms. The van der Waals surface area contributed by atoms with Gasteiger partial charge >= 0.3 is 0 Å². The minimum absolute atomic E-state index is 0.101. The van der Waals surface area contributed by atoms with Crippen molar-refractivity contribution in [2.75, 3.05) is 13.6 Å². The van der Waals surface area contributed by atoms with Crippen LogP contribution in [-0.4, -0.2) is 46.8 Å². The lowest BCUT2D eigenvalue weighted by Gasteiger charge is -2.43. The third-order valence-corrected chi connectivity index (χ3v) is 9.03. The number of aliphatic hydroxyl groups is 2. The van der Waals surface area contributed by atoms with Crippen molar-refractivity contribution in [1.29, 1.82) is 0 Å². The molecule has 6 atom stereocenters. The van der Waals surface area contributed by atoms with Gasteiger partial charge in [0.1, 0.15) is 5.56 Å². The van der Waals surface area contributed by atoms with E-state index in [1.807, 2.05) is 80.4 Å². The fourth-order valence-corrected chi connectivity index (χ4v) is 5.82. The second-order valence-corrected chi connectivity index (χ2v) is 12.2. The molecule has 1 saturated heterocycles. The number of hydrogen-bond acceptors (Lipinski definition) is 6. The van der Waals surface area contributed by atoms with Crippen LogP contribution in [0.1, 0.15) is 70.5 Å². The Bertz CT molecular complexity index is 1710. The number of carbonyl (C=O) groups is 1. The van der Waals surface area contributed by atoms with Crippen LogP contribution in [0.4, 0.5) is 22.0 Å². The number of amides is 1. The van der Waals surface area contributed by atoms with Crippen molar-refractivity contribution >= 4 is 5.91 Å². The van der Waals surface area contributed by atoms with Crippen molar-refractivity contribution in [2.45, 2.75) is 57.6 Å². The van der Waals surface area contributed by atoms with Crippen LogP contribution in [0.15, 0.2) is 78.9 Å². The maximum atomic E-state index is 14.1. The van der Waals surface area contributed by atoms with Gasteiger partial charge in [0.25, 0.3) is 5.91 Å². The Labute approximate surface area is 280 Å². The summed E-state index contributed by atoms with van der Waals surface area (Å²) < 4.78 is 81.8. The summed E-state index contributed by atoms with van der Waals surface area (Å²) in [6.45, 7) is 4.05. The van der Waals surface area contributed by atoms with Gasteiger partial charge in [0.05, 0.1) is 24.9 Å². The monoisotopic (exact) mass is 684 g/mol. The highest BCUT2D eigenvalue weighted by Crippen LogP contribution is 2.42. The van der Waals surface area contributed by atoms with E-state index in [9.17, 15) is 37.0 Å². The molecule has 1 aliphatic heterocycles. The van der Waals surface area contributed by atoms with Crippen molar-refractivity contribution < 1.29 is 46.4 Å². The number of ether oxygens (including phenoxy) is 2. The maximum Gasteiger partial charge on any atom is 0.257 e. The second kappa shape index (κ2) is 15.6. The van der Waals surface area contributed by atoms with Crippen LogP contribution >= 0.6 is 0 Å². The van der Waals surface area contributed by atoms with Crippen molar-refractivity contribution in [2.24, 2.45) is 5.92 Å². The minimum Gasteiger partial charge on any atom is -0.392 e. The molecule has 0 bridgehead atoms. The lowest BCUT2D eigenvalue weighted by Crippen LogP contribution is -2.46. The average molecular weight is 685 g/mol. The standard InChI is InChI=1S/C37H37F5N2O5/c1-20-27(18-44(3)21(2)34(46)24-7-5-4-6-8-24)48-37(49-35(20)25-13-11-23(19-45)12-14-25)26-15-9-22(10-16-26)17-43-36(47)28-29(38)31(40)33(42)32(41)30(28)39/h4-16,20-21,27,34-35,37,45-46H,17-19H2,1-3H3,(H,43,47). The average Bonchev–Trinajstić information content (AvgIpc) is 3.13. The molecule has 0 aliphatic carbocycles. The largest absolute Gasteiger partial charge is 0.392 e. The summed E-state index contributed by atoms with van der Waals surface area (Å²) >= 11 is 0. The molecule has 3 N–H and O–H groups in total. The normalized spacial score (nSPS) is 20.6. The number of benzene rings is 4. The zero-order valence-corrected chi connectivity index (χ0v) is 27.0. The highest BCUT2D eigenvalue weighted by molar-refractivity contribution is 5.94. The van der Waals surface area contributed by atoms with E-state index in [4.69, 9.17) is 9.47 Å². The number of hydrogen-bond donors (Lipinski definition) is 3. The van der Waals surface area contributed by atoms with E-state index in [0.717, 1.165) is 16.7 Å². The fraction of sp³-hybridized carbons (Fsp3) is 0.324. The quantitative estimate of drug-likeness (QED) is 0.0932. The van der Waals surface area contributed by atoms with E-state index in [0.29, 0.717) is 17.7 Å². The summed E-state index contributed by atoms with van der Waals surface area (Å²) in [7, 11) is 1.91. The molecule has 0 saturated carbocycles. The van der Waals surface area contributed by atoms with Crippen LogP contribution in [0.25, 0.3) is 0 Å². The van der Waals surface area contributed by atoms with Gasteiger partial charge in [-0.25, -0.2) is 22.0 Å². The lowest BCUT2D eigenvalue weighted by atomic mass is 9.89. The van der Waals surface area contributed by atoms with Crippen molar-refractivity contribution in [3.05, 3.63) is 141 Å². The number of halogens is 5. The zero-order valence-electron chi connectivity index (χ0n) is 27.0. The molecular formula is C37H37F5N2O5. The molecule has 1 aliphatic rings. The number of likely N-dealkylation sites (N-methyl/N-ethyl adjacent to an activating group) is 1. The van der Waals surface area contributed by atoms with Crippen LogP contribution < -0.4 is 5.32 Å². The predicted octanol–water partition coefficient (Wildman–Crippen LogP) is 6.65. The van der Waals surface area contributed by atoms with E-state index >= 15 is 0 Å². The van der Waals surface area contributed by atoms with Gasteiger partial charge in [-0.2, -0.15) is 0 Å². The Kier molecular flexibility index (Phi) is 11.5. The number of aliphatic hydroxyl groups excluding tert-OH is 2. The van der Waals surface area contributed by atoms with Crippen molar-refractivity contribution in [3.8, 4) is 0 Å². The Hall–Kier alpha value is -4.20. The molecule has 0 aromatic heterocycles. The van der Waals surface area contributed by atoms with Crippen LogP contribution in [-0.2, 0) is 22.6 Å². The van der Waals surface area contributed by atoms with Gasteiger partial charge in [0, 0.05) is 30.6 Å². The molecule has 1 amide bonds. The molecule has 0 radical (unpaired) electrons. The minimum atomic E-state index is -2.35. The van der Waals surface area contributed by atoms with Gasteiger partial charge < -0.3 is 25.0 Å². The summed E-state index contributed by atoms with van der Waals surface area (Å²) in [6.07, 6.45) is -2.32. The van der Waals surface area contributed by atoms with Gasteiger partial charge in [0.15, 0.2) is 29.6 Å². The zero-order chi connectivity index (χ0) is 35.4.